The van der Waals surface area contributed by atoms with E-state index in [0.29, 0.717) is 10.0 Å². The third kappa shape index (κ3) is 3.82. The minimum atomic E-state index is -4.14. The van der Waals surface area contributed by atoms with Gasteiger partial charge >= 0.3 is 0 Å². The summed E-state index contributed by atoms with van der Waals surface area (Å²) in [5.74, 6) is -0.624. The highest BCUT2D eigenvalue weighted by molar-refractivity contribution is 7.89. The summed E-state index contributed by atoms with van der Waals surface area (Å²) in [7, 11) is -2.60. The Kier molecular flexibility index (Phi) is 5.85. The maximum atomic E-state index is 13.0. The van der Waals surface area contributed by atoms with Crippen LogP contribution in [0.3, 0.4) is 0 Å². The first-order chi connectivity index (χ1) is 13.1. The van der Waals surface area contributed by atoms with Gasteiger partial charge in [-0.25, -0.2) is 12.7 Å². The number of thiophene rings is 1. The highest BCUT2D eigenvalue weighted by atomic mass is 35.5. The van der Waals surface area contributed by atoms with E-state index in [1.807, 2.05) is 6.07 Å². The van der Waals surface area contributed by atoms with Gasteiger partial charge in [0.2, 0.25) is 0 Å². The van der Waals surface area contributed by atoms with Gasteiger partial charge in [0.15, 0.2) is 0 Å². The van der Waals surface area contributed by atoms with Crippen molar-refractivity contribution in [1.29, 1.82) is 0 Å². The van der Waals surface area contributed by atoms with Crippen molar-refractivity contribution in [2.75, 3.05) is 6.54 Å². The van der Waals surface area contributed by atoms with E-state index >= 15 is 0 Å². The fourth-order valence-electron chi connectivity index (χ4n) is 2.74. The van der Waals surface area contributed by atoms with Crippen LogP contribution in [0.5, 0.6) is 0 Å². The first-order valence-corrected chi connectivity index (χ1v) is 11.2. The smallest absolute Gasteiger partial charge is 0.271 e. The van der Waals surface area contributed by atoms with E-state index in [9.17, 15) is 13.2 Å². The van der Waals surface area contributed by atoms with E-state index in [2.05, 4.69) is 10.2 Å². The summed E-state index contributed by atoms with van der Waals surface area (Å²) in [5, 5.41) is 8.30. The molecular weight excluding hydrogens is 445 g/mol. The van der Waals surface area contributed by atoms with Gasteiger partial charge in [0.1, 0.15) is 22.3 Å². The molecular formula is C16H17Cl2N5O3S2. The fourth-order valence-corrected chi connectivity index (χ4v) is 5.87. The van der Waals surface area contributed by atoms with Crippen molar-refractivity contribution in [3.63, 3.8) is 0 Å². The van der Waals surface area contributed by atoms with Crippen molar-refractivity contribution < 1.29 is 13.2 Å². The number of aromatic nitrogens is 4. The molecule has 0 N–H and O–H groups in total. The summed E-state index contributed by atoms with van der Waals surface area (Å²) in [6.07, 6.45) is 1.61. The summed E-state index contributed by atoms with van der Waals surface area (Å²) >= 11 is 13.4. The molecule has 8 nitrogen and oxygen atoms in total. The van der Waals surface area contributed by atoms with Crippen LogP contribution in [-0.4, -0.2) is 44.7 Å². The van der Waals surface area contributed by atoms with Crippen molar-refractivity contribution in [1.82, 2.24) is 23.9 Å². The number of sulfonamides is 1. The van der Waals surface area contributed by atoms with Crippen LogP contribution in [0.25, 0.3) is 10.6 Å². The van der Waals surface area contributed by atoms with Gasteiger partial charge in [-0.2, -0.15) is 10.2 Å². The maximum absolute atomic E-state index is 13.0. The molecule has 150 valence electrons. The largest absolute Gasteiger partial charge is 0.272 e. The van der Waals surface area contributed by atoms with Crippen LogP contribution in [-0.2, 0) is 28.4 Å². The third-order valence-electron chi connectivity index (χ3n) is 3.98. The molecule has 12 heteroatoms. The van der Waals surface area contributed by atoms with E-state index in [0.717, 1.165) is 9.18 Å². The number of hydrogen-bond acceptors (Lipinski definition) is 6. The summed E-state index contributed by atoms with van der Waals surface area (Å²) < 4.78 is 30.1. The number of hydrogen-bond donors (Lipinski definition) is 0. The molecule has 1 amide bonds. The van der Waals surface area contributed by atoms with E-state index in [4.69, 9.17) is 23.2 Å². The quantitative estimate of drug-likeness (QED) is 0.561. The van der Waals surface area contributed by atoms with Crippen LogP contribution in [0.4, 0.5) is 0 Å². The molecule has 0 bridgehead atoms. The molecule has 0 unspecified atom stereocenters. The molecule has 0 spiro atoms. The first-order valence-electron chi connectivity index (χ1n) is 8.19. The normalized spacial score (nSPS) is 11.8. The molecule has 0 aliphatic carbocycles. The van der Waals surface area contributed by atoms with E-state index < -0.39 is 15.9 Å². The van der Waals surface area contributed by atoms with Gasteiger partial charge in [0.25, 0.3) is 15.9 Å². The van der Waals surface area contributed by atoms with Crippen molar-refractivity contribution >= 4 is 50.5 Å². The number of likely N-dealkylation sites (N-methyl/N-ethyl adjacent to an activating group) is 1. The zero-order valence-corrected chi connectivity index (χ0v) is 18.4. The van der Waals surface area contributed by atoms with Gasteiger partial charge in [-0.15, -0.1) is 11.3 Å². The molecule has 3 heterocycles. The molecule has 0 radical (unpaired) electrons. The number of nitrogens with zero attached hydrogens (tertiary/aromatic N) is 5. The Hall–Kier alpha value is -1.88. The van der Waals surface area contributed by atoms with Gasteiger partial charge < -0.3 is 0 Å². The Morgan fingerprint density at radius 3 is 2.50 bits per heavy atom. The molecule has 3 aromatic rings. The van der Waals surface area contributed by atoms with Crippen LogP contribution in [0.2, 0.25) is 9.49 Å². The minimum absolute atomic E-state index is 0.0412. The lowest BCUT2D eigenvalue weighted by molar-refractivity contribution is -0.127. The minimum Gasteiger partial charge on any atom is -0.272 e. The maximum Gasteiger partial charge on any atom is 0.271 e. The molecule has 0 aliphatic rings. The van der Waals surface area contributed by atoms with Crippen molar-refractivity contribution in [2.45, 2.75) is 25.3 Å². The van der Waals surface area contributed by atoms with Crippen LogP contribution in [0, 0.1) is 6.92 Å². The lowest BCUT2D eigenvalue weighted by atomic mass is 10.3. The fraction of sp³-hybridized carbons (Fsp3) is 0.312. The molecule has 0 saturated heterocycles. The van der Waals surface area contributed by atoms with Gasteiger partial charge in [0, 0.05) is 19.8 Å². The second-order valence-electron chi connectivity index (χ2n) is 5.89. The van der Waals surface area contributed by atoms with Gasteiger partial charge in [-0.05, 0) is 32.0 Å². The van der Waals surface area contributed by atoms with Crippen molar-refractivity contribution in [3.8, 4) is 10.6 Å². The Bertz CT molecular complexity index is 1130. The first kappa shape index (κ1) is 20.8. The number of carbonyl (C=O) groups is 1. The standard InChI is InChI=1S/C16H17Cl2N5O3S2/c1-4-23(28(25,26)15-10(2)19-21(3)16(15)18)14(24)9-22-8-7-11(20-22)12-5-6-13(17)27-12/h5-8H,4,9H2,1-3H3. The molecule has 0 aliphatic heterocycles. The Labute approximate surface area is 176 Å². The highest BCUT2D eigenvalue weighted by Gasteiger charge is 2.34. The van der Waals surface area contributed by atoms with Crippen molar-refractivity contribution in [3.05, 3.63) is 39.6 Å². The number of rotatable bonds is 6. The molecule has 3 rings (SSSR count). The van der Waals surface area contributed by atoms with Crippen LogP contribution < -0.4 is 0 Å². The van der Waals surface area contributed by atoms with Gasteiger partial charge in [-0.3, -0.25) is 14.2 Å². The molecule has 28 heavy (non-hydrogen) atoms. The number of halogens is 2. The third-order valence-corrected chi connectivity index (χ3v) is 7.82. The molecule has 0 atom stereocenters. The summed E-state index contributed by atoms with van der Waals surface area (Å²) in [4.78, 5) is 13.4. The zero-order chi connectivity index (χ0) is 20.6. The SMILES string of the molecule is CCN(C(=O)Cn1ccc(-c2ccc(Cl)s2)n1)S(=O)(=O)c1c(C)nn(C)c1Cl. The Morgan fingerprint density at radius 2 is 1.96 bits per heavy atom. The van der Waals surface area contributed by atoms with Gasteiger partial charge in [-0.1, -0.05) is 23.2 Å². The average Bonchev–Trinajstić information content (AvgIpc) is 3.28. The van der Waals surface area contributed by atoms with E-state index in [1.165, 1.54) is 34.7 Å². The molecule has 0 aromatic carbocycles. The Morgan fingerprint density at radius 1 is 1.25 bits per heavy atom. The van der Waals surface area contributed by atoms with E-state index in [-0.39, 0.29) is 28.8 Å². The number of carbonyl (C=O) groups excluding carboxylic acids is 1. The summed E-state index contributed by atoms with van der Waals surface area (Å²) in [5.41, 5.74) is 0.886. The number of aryl methyl sites for hydroxylation is 2. The van der Waals surface area contributed by atoms with Crippen LogP contribution >= 0.6 is 34.5 Å². The molecule has 0 fully saturated rings. The second kappa shape index (κ2) is 7.86. The summed E-state index contributed by atoms with van der Waals surface area (Å²) in [6, 6.07) is 5.33. The highest BCUT2D eigenvalue weighted by Crippen LogP contribution is 2.30. The zero-order valence-electron chi connectivity index (χ0n) is 15.3. The van der Waals surface area contributed by atoms with Crippen LogP contribution in [0.1, 0.15) is 12.6 Å². The number of amides is 1. The summed E-state index contributed by atoms with van der Waals surface area (Å²) in [6.45, 7) is 2.84. The second-order valence-corrected chi connectivity index (χ2v) is 9.77. The predicted molar refractivity (Wildman–Crippen MR) is 108 cm³/mol. The van der Waals surface area contributed by atoms with E-state index in [1.54, 1.807) is 25.3 Å². The van der Waals surface area contributed by atoms with Crippen molar-refractivity contribution in [2.24, 2.45) is 7.05 Å². The van der Waals surface area contributed by atoms with Crippen LogP contribution in [0.15, 0.2) is 29.3 Å². The van der Waals surface area contributed by atoms with Gasteiger partial charge in [0.05, 0.1) is 14.9 Å². The monoisotopic (exact) mass is 461 g/mol. The topological polar surface area (TPSA) is 90.1 Å². The average molecular weight is 462 g/mol. The molecule has 0 saturated carbocycles. The lowest BCUT2D eigenvalue weighted by Crippen LogP contribution is -2.39. The Balaban J connectivity index is 1.85. The lowest BCUT2D eigenvalue weighted by Gasteiger charge is -2.20. The molecule has 3 aromatic heterocycles. The predicted octanol–water partition coefficient (Wildman–Crippen LogP) is 3.20.